The standard InChI is InChI=1S/C21H24BrNO3S/c1-25-16-6-8-17(9-7-16)27-13-11-21(24)23-12-3-4-19(23)18-14-15(22)5-10-20(18)26-2/h5-10,14,19H,3-4,11-13H2,1-2H3. The van der Waals surface area contributed by atoms with E-state index in [-0.39, 0.29) is 11.9 Å². The van der Waals surface area contributed by atoms with Gasteiger partial charge in [0.25, 0.3) is 0 Å². The fourth-order valence-corrected chi connectivity index (χ4v) is 4.65. The number of carbonyl (C=O) groups is 1. The maximum Gasteiger partial charge on any atom is 0.223 e. The van der Waals surface area contributed by atoms with Crippen molar-refractivity contribution in [1.82, 2.24) is 4.90 Å². The number of rotatable bonds is 7. The van der Waals surface area contributed by atoms with Gasteiger partial charge in [-0.15, -0.1) is 11.8 Å². The molecule has 1 fully saturated rings. The number of hydrogen-bond acceptors (Lipinski definition) is 4. The number of halogens is 1. The first-order valence-corrected chi connectivity index (χ1v) is 10.8. The largest absolute Gasteiger partial charge is 0.497 e. The van der Waals surface area contributed by atoms with Crippen LogP contribution in [0.4, 0.5) is 0 Å². The Kier molecular flexibility index (Phi) is 7.07. The third-order valence-corrected chi connectivity index (χ3v) is 6.27. The van der Waals surface area contributed by atoms with E-state index in [0.29, 0.717) is 6.42 Å². The Balaban J connectivity index is 1.61. The molecule has 2 aromatic carbocycles. The zero-order chi connectivity index (χ0) is 19.2. The van der Waals surface area contributed by atoms with Crippen LogP contribution in [-0.4, -0.2) is 37.3 Å². The van der Waals surface area contributed by atoms with E-state index < -0.39 is 0 Å². The summed E-state index contributed by atoms with van der Waals surface area (Å²) in [6.45, 7) is 0.812. The molecule has 1 saturated heterocycles. The molecule has 0 radical (unpaired) electrons. The van der Waals surface area contributed by atoms with E-state index in [1.807, 2.05) is 41.3 Å². The summed E-state index contributed by atoms with van der Waals surface area (Å²) >= 11 is 5.23. The number of carbonyl (C=O) groups excluding carboxylic acids is 1. The van der Waals surface area contributed by atoms with Crippen molar-refractivity contribution in [3.05, 3.63) is 52.5 Å². The number of thioether (sulfide) groups is 1. The third kappa shape index (κ3) is 4.99. The first kappa shape index (κ1) is 20.1. The molecule has 27 heavy (non-hydrogen) atoms. The lowest BCUT2D eigenvalue weighted by Gasteiger charge is -2.26. The highest BCUT2D eigenvalue weighted by atomic mass is 79.9. The van der Waals surface area contributed by atoms with Crippen LogP contribution in [0.5, 0.6) is 11.5 Å². The van der Waals surface area contributed by atoms with Crippen LogP contribution in [0.2, 0.25) is 0 Å². The van der Waals surface area contributed by atoms with Crippen molar-refractivity contribution in [1.29, 1.82) is 0 Å². The molecule has 1 unspecified atom stereocenters. The first-order chi connectivity index (χ1) is 13.1. The highest BCUT2D eigenvalue weighted by Gasteiger charge is 2.31. The maximum absolute atomic E-state index is 12.8. The van der Waals surface area contributed by atoms with Crippen molar-refractivity contribution < 1.29 is 14.3 Å². The Morgan fingerprint density at radius 1 is 1.19 bits per heavy atom. The molecule has 1 atom stereocenters. The summed E-state index contributed by atoms with van der Waals surface area (Å²) in [7, 11) is 3.34. The molecule has 1 amide bonds. The van der Waals surface area contributed by atoms with Gasteiger partial charge in [-0.2, -0.15) is 0 Å². The van der Waals surface area contributed by atoms with Gasteiger partial charge in [-0.3, -0.25) is 4.79 Å². The highest BCUT2D eigenvalue weighted by molar-refractivity contribution is 9.10. The average Bonchev–Trinajstić information content (AvgIpc) is 3.18. The lowest BCUT2D eigenvalue weighted by atomic mass is 10.0. The van der Waals surface area contributed by atoms with Gasteiger partial charge in [-0.1, -0.05) is 15.9 Å². The SMILES string of the molecule is COc1ccc(SCCC(=O)N2CCCC2c2cc(Br)ccc2OC)cc1. The van der Waals surface area contributed by atoms with Crippen LogP contribution in [-0.2, 0) is 4.79 Å². The van der Waals surface area contributed by atoms with Crippen LogP contribution in [0.3, 0.4) is 0 Å². The Morgan fingerprint density at radius 3 is 2.67 bits per heavy atom. The predicted octanol–water partition coefficient (Wildman–Crippen LogP) is 5.31. The van der Waals surface area contributed by atoms with Crippen LogP contribution in [0, 0.1) is 0 Å². The maximum atomic E-state index is 12.8. The third-order valence-electron chi connectivity index (χ3n) is 4.77. The molecule has 1 aliphatic heterocycles. The van der Waals surface area contributed by atoms with E-state index in [1.165, 1.54) is 0 Å². The van der Waals surface area contributed by atoms with Gasteiger partial charge in [0.15, 0.2) is 0 Å². The molecule has 0 N–H and O–H groups in total. The van der Waals surface area contributed by atoms with Gasteiger partial charge in [0.1, 0.15) is 11.5 Å². The van der Waals surface area contributed by atoms with Gasteiger partial charge in [0.05, 0.1) is 20.3 Å². The molecule has 6 heteroatoms. The Labute approximate surface area is 173 Å². The van der Waals surface area contributed by atoms with E-state index in [0.717, 1.165) is 51.6 Å². The van der Waals surface area contributed by atoms with Crippen LogP contribution >= 0.6 is 27.7 Å². The summed E-state index contributed by atoms with van der Waals surface area (Å²) in [5.41, 5.74) is 1.08. The minimum Gasteiger partial charge on any atom is -0.497 e. The Hall–Kier alpha value is -1.66. The van der Waals surface area contributed by atoms with Gasteiger partial charge in [0, 0.05) is 33.7 Å². The molecule has 0 aromatic heterocycles. The fraction of sp³-hybridized carbons (Fsp3) is 0.381. The van der Waals surface area contributed by atoms with Gasteiger partial charge in [-0.25, -0.2) is 0 Å². The molecule has 4 nitrogen and oxygen atoms in total. The number of methoxy groups -OCH3 is 2. The quantitative estimate of drug-likeness (QED) is 0.536. The van der Waals surface area contributed by atoms with E-state index in [9.17, 15) is 4.79 Å². The smallest absolute Gasteiger partial charge is 0.223 e. The van der Waals surface area contributed by atoms with Crippen molar-refractivity contribution in [2.24, 2.45) is 0 Å². The van der Waals surface area contributed by atoms with Crippen LogP contribution in [0.1, 0.15) is 30.9 Å². The number of likely N-dealkylation sites (tertiary alicyclic amines) is 1. The minimum atomic E-state index is 0.0935. The molecular weight excluding hydrogens is 426 g/mol. The second-order valence-electron chi connectivity index (χ2n) is 6.41. The zero-order valence-electron chi connectivity index (χ0n) is 15.6. The summed E-state index contributed by atoms with van der Waals surface area (Å²) in [4.78, 5) is 16.0. The first-order valence-electron chi connectivity index (χ1n) is 9.02. The number of hydrogen-bond donors (Lipinski definition) is 0. The second-order valence-corrected chi connectivity index (χ2v) is 8.49. The number of amides is 1. The lowest BCUT2D eigenvalue weighted by Crippen LogP contribution is -2.31. The number of benzene rings is 2. The minimum absolute atomic E-state index is 0.0935. The van der Waals surface area contributed by atoms with Crippen LogP contribution in [0.15, 0.2) is 51.8 Å². The Bertz CT molecular complexity index is 781. The van der Waals surface area contributed by atoms with Gasteiger partial charge >= 0.3 is 0 Å². The van der Waals surface area contributed by atoms with Gasteiger partial charge in [0.2, 0.25) is 5.91 Å². The summed E-state index contributed by atoms with van der Waals surface area (Å²) in [5.74, 6) is 2.67. The molecule has 2 aromatic rings. The monoisotopic (exact) mass is 449 g/mol. The van der Waals surface area contributed by atoms with E-state index in [4.69, 9.17) is 9.47 Å². The van der Waals surface area contributed by atoms with E-state index in [1.54, 1.807) is 26.0 Å². The van der Waals surface area contributed by atoms with Gasteiger partial charge < -0.3 is 14.4 Å². The summed E-state index contributed by atoms with van der Waals surface area (Å²) in [5, 5.41) is 0. The van der Waals surface area contributed by atoms with Crippen molar-refractivity contribution in [2.45, 2.75) is 30.2 Å². The molecule has 0 saturated carbocycles. The van der Waals surface area contributed by atoms with Crippen LogP contribution < -0.4 is 9.47 Å². The predicted molar refractivity (Wildman–Crippen MR) is 113 cm³/mol. The fourth-order valence-electron chi connectivity index (χ4n) is 3.43. The van der Waals surface area contributed by atoms with Crippen molar-refractivity contribution >= 4 is 33.6 Å². The molecule has 1 heterocycles. The van der Waals surface area contributed by atoms with E-state index in [2.05, 4.69) is 22.0 Å². The number of nitrogens with zero attached hydrogens (tertiary/aromatic N) is 1. The molecular formula is C21H24BrNO3S. The average molecular weight is 450 g/mol. The zero-order valence-corrected chi connectivity index (χ0v) is 18.0. The number of ether oxygens (including phenoxy) is 2. The molecule has 144 valence electrons. The topological polar surface area (TPSA) is 38.8 Å². The Morgan fingerprint density at radius 2 is 1.96 bits per heavy atom. The molecule has 1 aliphatic rings. The molecule has 0 bridgehead atoms. The molecule has 3 rings (SSSR count). The van der Waals surface area contributed by atoms with Gasteiger partial charge in [-0.05, 0) is 55.3 Å². The highest BCUT2D eigenvalue weighted by Crippen LogP contribution is 2.38. The summed E-state index contributed by atoms with van der Waals surface area (Å²) < 4.78 is 11.7. The second kappa shape index (κ2) is 9.51. The summed E-state index contributed by atoms with van der Waals surface area (Å²) in [6.07, 6.45) is 2.53. The van der Waals surface area contributed by atoms with Crippen molar-refractivity contribution in [3.63, 3.8) is 0 Å². The lowest BCUT2D eigenvalue weighted by molar-refractivity contribution is -0.131. The van der Waals surface area contributed by atoms with Crippen LogP contribution in [0.25, 0.3) is 0 Å². The van der Waals surface area contributed by atoms with Crippen molar-refractivity contribution in [3.8, 4) is 11.5 Å². The molecule has 0 aliphatic carbocycles. The van der Waals surface area contributed by atoms with E-state index >= 15 is 0 Å². The summed E-state index contributed by atoms with van der Waals surface area (Å²) in [6, 6.07) is 14.0. The molecule has 0 spiro atoms. The normalized spacial score (nSPS) is 16.4. The van der Waals surface area contributed by atoms with Crippen molar-refractivity contribution in [2.75, 3.05) is 26.5 Å².